The van der Waals surface area contributed by atoms with E-state index in [0.29, 0.717) is 17.4 Å². The molecule has 0 spiro atoms. The van der Waals surface area contributed by atoms with E-state index in [4.69, 9.17) is 0 Å². The highest BCUT2D eigenvalue weighted by Gasteiger charge is 2.27. The summed E-state index contributed by atoms with van der Waals surface area (Å²) in [6.45, 7) is 17.8. The van der Waals surface area contributed by atoms with Gasteiger partial charge in [-0.2, -0.15) is 0 Å². The summed E-state index contributed by atoms with van der Waals surface area (Å²) in [6, 6.07) is 0. The van der Waals surface area contributed by atoms with Crippen LogP contribution in [0.2, 0.25) is 0 Å². The van der Waals surface area contributed by atoms with Gasteiger partial charge in [0.15, 0.2) is 6.30 Å². The van der Waals surface area contributed by atoms with Crippen LogP contribution in [0.4, 0.5) is 4.39 Å². The standard InChI is InChI=1S/C16H33FN2/c1-15(2,3)7-9-18-11-12-19(14(17)13-18)10-8-16(4,5)6/h14H,7-13H2,1-6H3. The fourth-order valence-corrected chi connectivity index (χ4v) is 2.26. The van der Waals surface area contributed by atoms with Crippen molar-refractivity contribution in [2.24, 2.45) is 10.8 Å². The zero-order valence-electron chi connectivity index (χ0n) is 13.8. The third-order valence-electron chi connectivity index (χ3n) is 3.84. The van der Waals surface area contributed by atoms with Gasteiger partial charge in [0.05, 0.1) is 0 Å². The largest absolute Gasteiger partial charge is 0.298 e. The second kappa shape index (κ2) is 6.53. The molecule has 3 heteroatoms. The van der Waals surface area contributed by atoms with Crippen molar-refractivity contribution in [2.75, 3.05) is 32.7 Å². The third kappa shape index (κ3) is 7.26. The maximum atomic E-state index is 14.2. The summed E-state index contributed by atoms with van der Waals surface area (Å²) in [7, 11) is 0. The molecule has 0 bridgehead atoms. The molecule has 0 aliphatic carbocycles. The van der Waals surface area contributed by atoms with E-state index in [0.717, 1.165) is 39.0 Å². The zero-order chi connectivity index (χ0) is 14.7. The van der Waals surface area contributed by atoms with Gasteiger partial charge in [-0.3, -0.25) is 9.80 Å². The monoisotopic (exact) mass is 272 g/mol. The van der Waals surface area contributed by atoms with Crippen LogP contribution in [0.5, 0.6) is 0 Å². The van der Waals surface area contributed by atoms with Crippen molar-refractivity contribution in [3.8, 4) is 0 Å². The molecule has 1 atom stereocenters. The number of halogens is 1. The van der Waals surface area contributed by atoms with Gasteiger partial charge in [-0.1, -0.05) is 41.5 Å². The molecule has 1 heterocycles. The molecule has 1 aliphatic heterocycles. The molecule has 19 heavy (non-hydrogen) atoms. The van der Waals surface area contributed by atoms with Crippen LogP contribution in [0.25, 0.3) is 0 Å². The smallest absolute Gasteiger partial charge is 0.166 e. The van der Waals surface area contributed by atoms with Gasteiger partial charge in [-0.25, -0.2) is 4.39 Å². The molecule has 0 aromatic carbocycles. The van der Waals surface area contributed by atoms with Gasteiger partial charge in [-0.15, -0.1) is 0 Å². The Labute approximate surface area is 119 Å². The van der Waals surface area contributed by atoms with Gasteiger partial charge < -0.3 is 0 Å². The Morgan fingerprint density at radius 2 is 1.42 bits per heavy atom. The molecule has 0 radical (unpaired) electrons. The average molecular weight is 272 g/mol. The van der Waals surface area contributed by atoms with Gasteiger partial charge in [0.25, 0.3) is 0 Å². The molecule has 114 valence electrons. The molecule has 0 aromatic rings. The van der Waals surface area contributed by atoms with Gasteiger partial charge >= 0.3 is 0 Å². The Morgan fingerprint density at radius 3 is 1.89 bits per heavy atom. The van der Waals surface area contributed by atoms with Gasteiger partial charge in [0.1, 0.15) is 0 Å². The van der Waals surface area contributed by atoms with Crippen molar-refractivity contribution in [3.63, 3.8) is 0 Å². The van der Waals surface area contributed by atoms with E-state index in [2.05, 4.69) is 46.4 Å². The summed E-state index contributed by atoms with van der Waals surface area (Å²) >= 11 is 0. The molecule has 0 aromatic heterocycles. The fraction of sp³-hybridized carbons (Fsp3) is 1.00. The molecule has 1 fully saturated rings. The third-order valence-corrected chi connectivity index (χ3v) is 3.84. The number of hydrogen-bond donors (Lipinski definition) is 0. The Kier molecular flexibility index (Phi) is 5.81. The van der Waals surface area contributed by atoms with E-state index in [1.807, 2.05) is 4.90 Å². The second-order valence-corrected chi connectivity index (χ2v) is 8.39. The number of alkyl halides is 1. The maximum absolute atomic E-state index is 14.2. The highest BCUT2D eigenvalue weighted by molar-refractivity contribution is 4.78. The summed E-state index contributed by atoms with van der Waals surface area (Å²) < 4.78 is 14.2. The van der Waals surface area contributed by atoms with Crippen LogP contribution < -0.4 is 0 Å². The van der Waals surface area contributed by atoms with E-state index in [9.17, 15) is 4.39 Å². The average Bonchev–Trinajstić information content (AvgIpc) is 2.22. The first-order valence-electron chi connectivity index (χ1n) is 7.67. The number of hydrogen-bond acceptors (Lipinski definition) is 2. The summed E-state index contributed by atoms with van der Waals surface area (Å²) in [5.41, 5.74) is 0.637. The lowest BCUT2D eigenvalue weighted by molar-refractivity contribution is -0.00810. The number of rotatable bonds is 4. The van der Waals surface area contributed by atoms with Gasteiger partial charge in [-0.05, 0) is 30.2 Å². The lowest BCUT2D eigenvalue weighted by atomic mass is 9.91. The van der Waals surface area contributed by atoms with E-state index >= 15 is 0 Å². The topological polar surface area (TPSA) is 6.48 Å². The summed E-state index contributed by atoms with van der Waals surface area (Å²) in [5.74, 6) is 0. The second-order valence-electron chi connectivity index (χ2n) is 8.39. The first-order valence-corrected chi connectivity index (χ1v) is 7.67. The van der Waals surface area contributed by atoms with Crippen LogP contribution in [-0.2, 0) is 0 Å². The molecule has 1 saturated heterocycles. The van der Waals surface area contributed by atoms with Crippen LogP contribution in [0.3, 0.4) is 0 Å². The van der Waals surface area contributed by atoms with Gasteiger partial charge in [0.2, 0.25) is 0 Å². The fourth-order valence-electron chi connectivity index (χ4n) is 2.26. The van der Waals surface area contributed by atoms with Crippen molar-refractivity contribution in [1.29, 1.82) is 0 Å². The van der Waals surface area contributed by atoms with E-state index < -0.39 is 6.30 Å². The van der Waals surface area contributed by atoms with Crippen molar-refractivity contribution in [1.82, 2.24) is 9.80 Å². The predicted octanol–water partition coefficient (Wildman–Crippen LogP) is 3.77. The van der Waals surface area contributed by atoms with E-state index in [1.165, 1.54) is 0 Å². The lowest BCUT2D eigenvalue weighted by Crippen LogP contribution is -2.52. The van der Waals surface area contributed by atoms with E-state index in [-0.39, 0.29) is 0 Å². The minimum absolute atomic E-state index is 0.295. The first kappa shape index (κ1) is 16.9. The number of piperazine rings is 1. The molecule has 0 amide bonds. The summed E-state index contributed by atoms with van der Waals surface area (Å²) in [6.07, 6.45) is 1.42. The molecular formula is C16H33FN2. The Bertz CT molecular complexity index is 265. The molecular weight excluding hydrogens is 239 g/mol. The van der Waals surface area contributed by atoms with Gasteiger partial charge in [0, 0.05) is 26.2 Å². The molecule has 1 unspecified atom stereocenters. The molecule has 1 aliphatic rings. The highest BCUT2D eigenvalue weighted by Crippen LogP contribution is 2.23. The first-order chi connectivity index (χ1) is 8.57. The van der Waals surface area contributed by atoms with E-state index in [1.54, 1.807) is 0 Å². The van der Waals surface area contributed by atoms with Crippen LogP contribution >= 0.6 is 0 Å². The van der Waals surface area contributed by atoms with Crippen LogP contribution in [0.15, 0.2) is 0 Å². The van der Waals surface area contributed by atoms with Crippen molar-refractivity contribution in [3.05, 3.63) is 0 Å². The molecule has 2 nitrogen and oxygen atoms in total. The SMILES string of the molecule is CC(C)(C)CCN1CCN(CCC(C)(C)C)C(F)C1. The lowest BCUT2D eigenvalue weighted by Gasteiger charge is -2.39. The molecule has 0 saturated carbocycles. The van der Waals surface area contributed by atoms with Crippen molar-refractivity contribution >= 4 is 0 Å². The minimum Gasteiger partial charge on any atom is -0.298 e. The van der Waals surface area contributed by atoms with Crippen LogP contribution in [0.1, 0.15) is 54.4 Å². The Morgan fingerprint density at radius 1 is 0.895 bits per heavy atom. The normalized spacial score (nSPS) is 23.8. The Hall–Kier alpha value is -0.150. The van der Waals surface area contributed by atoms with Crippen molar-refractivity contribution in [2.45, 2.75) is 60.7 Å². The minimum atomic E-state index is -0.781. The summed E-state index contributed by atoms with van der Waals surface area (Å²) in [4.78, 5) is 4.29. The molecule has 1 rings (SSSR count). The maximum Gasteiger partial charge on any atom is 0.166 e. The zero-order valence-corrected chi connectivity index (χ0v) is 13.8. The van der Waals surface area contributed by atoms with Crippen LogP contribution in [-0.4, -0.2) is 48.8 Å². The van der Waals surface area contributed by atoms with Crippen LogP contribution in [0, 0.1) is 10.8 Å². The number of nitrogens with zero attached hydrogens (tertiary/aromatic N) is 2. The molecule has 0 N–H and O–H groups in total. The highest BCUT2D eigenvalue weighted by atomic mass is 19.1. The van der Waals surface area contributed by atoms with Crippen molar-refractivity contribution < 1.29 is 4.39 Å². The summed E-state index contributed by atoms with van der Waals surface area (Å²) in [5, 5.41) is 0. The Balaban J connectivity index is 2.31. The predicted molar refractivity (Wildman–Crippen MR) is 81.1 cm³/mol. The quantitative estimate of drug-likeness (QED) is 0.719.